The van der Waals surface area contributed by atoms with Gasteiger partial charge in [-0.05, 0) is 47.2 Å². The van der Waals surface area contributed by atoms with Crippen molar-refractivity contribution >= 4 is 0 Å². The molecule has 2 N–H and O–H groups in total. The van der Waals surface area contributed by atoms with Crippen LogP contribution in [-0.2, 0) is 6.54 Å². The fourth-order valence-electron chi connectivity index (χ4n) is 2.18. The minimum atomic E-state index is -0.357. The second-order valence-electron chi connectivity index (χ2n) is 5.43. The Labute approximate surface area is 139 Å². The summed E-state index contributed by atoms with van der Waals surface area (Å²) in [5.41, 5.74) is 1.93. The predicted octanol–water partition coefficient (Wildman–Crippen LogP) is 1.92. The Morgan fingerprint density at radius 1 is 1.12 bits per heavy atom. The van der Waals surface area contributed by atoms with Gasteiger partial charge in [-0.3, -0.25) is 0 Å². The number of hydrogen-bond acceptors (Lipinski definition) is 6. The number of aliphatic hydroxyl groups excluding tert-OH is 1. The maximum absolute atomic E-state index is 9.23. The topological polar surface area (TPSA) is 85.1 Å². The lowest BCUT2D eigenvalue weighted by atomic mass is 10.2. The first-order valence-corrected chi connectivity index (χ1v) is 7.72. The lowest BCUT2D eigenvalue weighted by Crippen LogP contribution is -2.23. The third kappa shape index (κ3) is 4.15. The van der Waals surface area contributed by atoms with Crippen molar-refractivity contribution in [3.8, 4) is 17.4 Å². The van der Waals surface area contributed by atoms with Crippen LogP contribution in [0.1, 0.15) is 12.5 Å². The van der Waals surface area contributed by atoms with Crippen LogP contribution in [-0.4, -0.2) is 38.0 Å². The van der Waals surface area contributed by atoms with Crippen molar-refractivity contribution in [2.75, 3.05) is 6.54 Å². The maximum Gasteiger partial charge on any atom is 0.345 e. The number of ether oxygens (including phenoxy) is 1. The van der Waals surface area contributed by atoms with Gasteiger partial charge in [0, 0.05) is 13.1 Å². The zero-order chi connectivity index (χ0) is 16.8. The Kier molecular flexibility index (Phi) is 5.15. The van der Waals surface area contributed by atoms with Crippen LogP contribution in [0, 0.1) is 0 Å². The van der Waals surface area contributed by atoms with Gasteiger partial charge < -0.3 is 15.2 Å². The molecule has 0 amide bonds. The van der Waals surface area contributed by atoms with E-state index in [0.717, 1.165) is 11.3 Å². The molecule has 7 heteroatoms. The smallest absolute Gasteiger partial charge is 0.345 e. The Balaban J connectivity index is 1.66. The zero-order valence-corrected chi connectivity index (χ0v) is 13.3. The van der Waals surface area contributed by atoms with Crippen molar-refractivity contribution < 1.29 is 9.84 Å². The van der Waals surface area contributed by atoms with Crippen molar-refractivity contribution in [2.24, 2.45) is 0 Å². The largest absolute Gasteiger partial charge is 0.423 e. The normalized spacial score (nSPS) is 12.1. The summed E-state index contributed by atoms with van der Waals surface area (Å²) in [4.78, 5) is 0. The van der Waals surface area contributed by atoms with E-state index in [0.29, 0.717) is 24.8 Å². The van der Waals surface area contributed by atoms with Crippen molar-refractivity contribution in [3.63, 3.8) is 0 Å². The number of aliphatic hydroxyl groups is 1. The first-order chi connectivity index (χ1) is 11.7. The van der Waals surface area contributed by atoms with Gasteiger partial charge in [0.05, 0.1) is 11.8 Å². The van der Waals surface area contributed by atoms with Crippen molar-refractivity contribution in [3.05, 3.63) is 60.2 Å². The Morgan fingerprint density at radius 3 is 2.58 bits per heavy atom. The quantitative estimate of drug-likeness (QED) is 0.690. The number of nitrogens with one attached hydrogen (secondary N) is 1. The molecule has 3 rings (SSSR count). The monoisotopic (exact) mass is 325 g/mol. The summed E-state index contributed by atoms with van der Waals surface area (Å²) in [6.45, 7) is 3.00. The SMILES string of the molecule is C[C@@H](O)CNCc1ccc(Oc2nnnn2-c2ccccc2)cc1. The lowest BCUT2D eigenvalue weighted by Gasteiger charge is -2.08. The van der Waals surface area contributed by atoms with E-state index in [9.17, 15) is 5.11 Å². The number of tetrazole rings is 1. The van der Waals surface area contributed by atoms with Crippen molar-refractivity contribution in [1.82, 2.24) is 25.5 Å². The average Bonchev–Trinajstić information content (AvgIpc) is 3.05. The van der Waals surface area contributed by atoms with E-state index in [1.807, 2.05) is 54.6 Å². The van der Waals surface area contributed by atoms with Crippen molar-refractivity contribution in [1.29, 1.82) is 0 Å². The van der Waals surface area contributed by atoms with Crippen LogP contribution in [0.15, 0.2) is 54.6 Å². The van der Waals surface area contributed by atoms with Gasteiger partial charge >= 0.3 is 6.01 Å². The molecule has 0 fully saturated rings. The molecule has 0 saturated carbocycles. The summed E-state index contributed by atoms with van der Waals surface area (Å²) in [6, 6.07) is 17.5. The fraction of sp³-hybridized carbons (Fsp3) is 0.235. The van der Waals surface area contributed by atoms with E-state index in [4.69, 9.17) is 4.74 Å². The summed E-state index contributed by atoms with van der Waals surface area (Å²) >= 11 is 0. The lowest BCUT2D eigenvalue weighted by molar-refractivity contribution is 0.191. The second kappa shape index (κ2) is 7.67. The van der Waals surface area contributed by atoms with E-state index in [1.54, 1.807) is 6.92 Å². The molecule has 0 aliphatic heterocycles. The molecule has 7 nitrogen and oxygen atoms in total. The molecule has 1 heterocycles. The third-order valence-electron chi connectivity index (χ3n) is 3.34. The second-order valence-corrected chi connectivity index (χ2v) is 5.43. The van der Waals surface area contributed by atoms with Gasteiger partial charge in [-0.25, -0.2) is 0 Å². The van der Waals surface area contributed by atoms with Gasteiger partial charge in [-0.1, -0.05) is 35.4 Å². The molecule has 1 atom stereocenters. The molecule has 0 saturated heterocycles. The number of benzene rings is 2. The van der Waals surface area contributed by atoms with Crippen molar-refractivity contribution in [2.45, 2.75) is 19.6 Å². The summed E-state index contributed by atoms with van der Waals surface area (Å²) < 4.78 is 7.31. The predicted molar refractivity (Wildman–Crippen MR) is 89.1 cm³/mol. The van der Waals surface area contributed by atoms with Gasteiger partial charge in [0.1, 0.15) is 5.75 Å². The molecular formula is C17H19N5O2. The Bertz CT molecular complexity index is 756. The molecule has 1 aromatic heterocycles. The summed E-state index contributed by atoms with van der Waals surface area (Å²) in [6.07, 6.45) is -0.357. The van der Waals surface area contributed by atoms with Crippen LogP contribution in [0.25, 0.3) is 5.69 Å². The average molecular weight is 325 g/mol. The van der Waals surface area contributed by atoms with Gasteiger partial charge in [0.2, 0.25) is 0 Å². The summed E-state index contributed by atoms with van der Waals surface area (Å²) in [7, 11) is 0. The standard InChI is InChI=1S/C17H19N5O2/c1-13(23)11-18-12-14-7-9-16(10-8-14)24-17-19-20-21-22(17)15-5-3-2-4-6-15/h2-10,13,18,23H,11-12H2,1H3/t13-/m1/s1. The first kappa shape index (κ1) is 16.1. The highest BCUT2D eigenvalue weighted by Gasteiger charge is 2.10. The maximum atomic E-state index is 9.23. The molecule has 2 aromatic carbocycles. The number of hydrogen-bond donors (Lipinski definition) is 2. The molecule has 0 radical (unpaired) electrons. The molecule has 0 unspecified atom stereocenters. The zero-order valence-electron chi connectivity index (χ0n) is 13.3. The van der Waals surface area contributed by atoms with Crippen LogP contribution in [0.3, 0.4) is 0 Å². The van der Waals surface area contributed by atoms with E-state index in [1.165, 1.54) is 4.68 Å². The fourth-order valence-corrected chi connectivity index (χ4v) is 2.18. The third-order valence-corrected chi connectivity index (χ3v) is 3.34. The molecule has 0 spiro atoms. The number of nitrogens with zero attached hydrogens (tertiary/aromatic N) is 4. The minimum absolute atomic E-state index is 0.307. The number of rotatable bonds is 7. The number of aromatic nitrogens is 4. The van der Waals surface area contributed by atoms with E-state index >= 15 is 0 Å². The first-order valence-electron chi connectivity index (χ1n) is 7.72. The Hall–Kier alpha value is -2.77. The Morgan fingerprint density at radius 2 is 1.88 bits per heavy atom. The van der Waals surface area contributed by atoms with Crippen LogP contribution in [0.2, 0.25) is 0 Å². The van der Waals surface area contributed by atoms with Gasteiger partial charge in [0.15, 0.2) is 0 Å². The molecule has 124 valence electrons. The van der Waals surface area contributed by atoms with Crippen LogP contribution in [0.5, 0.6) is 11.8 Å². The molecule has 24 heavy (non-hydrogen) atoms. The van der Waals surface area contributed by atoms with Crippen LogP contribution >= 0.6 is 0 Å². The molecule has 0 aliphatic rings. The van der Waals surface area contributed by atoms with Gasteiger partial charge in [-0.15, -0.1) is 0 Å². The highest BCUT2D eigenvalue weighted by Crippen LogP contribution is 2.21. The van der Waals surface area contributed by atoms with Gasteiger partial charge in [0.25, 0.3) is 0 Å². The molecule has 0 aliphatic carbocycles. The van der Waals surface area contributed by atoms with Crippen LogP contribution < -0.4 is 10.1 Å². The van der Waals surface area contributed by atoms with E-state index < -0.39 is 0 Å². The van der Waals surface area contributed by atoms with Crippen LogP contribution in [0.4, 0.5) is 0 Å². The highest BCUT2D eigenvalue weighted by molar-refractivity contribution is 5.34. The van der Waals surface area contributed by atoms with Gasteiger partial charge in [-0.2, -0.15) is 4.68 Å². The van der Waals surface area contributed by atoms with E-state index in [-0.39, 0.29) is 6.10 Å². The highest BCUT2D eigenvalue weighted by atomic mass is 16.5. The summed E-state index contributed by atoms with van der Waals surface area (Å²) in [5, 5.41) is 24.0. The number of para-hydroxylation sites is 1. The minimum Gasteiger partial charge on any atom is -0.423 e. The molecule has 0 bridgehead atoms. The molecular weight excluding hydrogens is 306 g/mol. The summed E-state index contributed by atoms with van der Waals surface area (Å²) in [5.74, 6) is 0.654. The van der Waals surface area contributed by atoms with E-state index in [2.05, 4.69) is 20.8 Å². The molecule has 3 aromatic rings.